The predicted octanol–water partition coefficient (Wildman–Crippen LogP) is 4.00. The third kappa shape index (κ3) is 3.17. The first kappa shape index (κ1) is 13.0. The molecule has 80 valence electrons. The van der Waals surface area contributed by atoms with Crippen LogP contribution in [-0.2, 0) is 0 Å². The summed E-state index contributed by atoms with van der Waals surface area (Å²) in [6.07, 6.45) is 0. The van der Waals surface area contributed by atoms with E-state index in [1.54, 1.807) is 6.92 Å². The highest BCUT2D eigenvalue weighted by Crippen LogP contribution is 2.36. The van der Waals surface area contributed by atoms with Gasteiger partial charge in [0.1, 0.15) is 0 Å². The lowest BCUT2D eigenvalue weighted by molar-refractivity contribution is 0.959. The second-order valence-electron chi connectivity index (χ2n) is 2.90. The maximum absolute atomic E-state index is 5.94. The topological polar surface area (TPSA) is 26.0 Å². The number of halogens is 4. The average molecular weight is 283 g/mol. The molecular formula is C10H7Cl4N. The molecule has 0 heterocycles. The molecule has 0 spiro atoms. The Hall–Kier alpha value is -0.100. The van der Waals surface area contributed by atoms with Gasteiger partial charge in [-0.2, -0.15) is 0 Å². The Morgan fingerprint density at radius 2 is 1.73 bits per heavy atom. The fourth-order valence-electron chi connectivity index (χ4n) is 0.867. The highest BCUT2D eigenvalue weighted by atomic mass is 35.5. The molecule has 0 aromatic heterocycles. The van der Waals surface area contributed by atoms with Crippen molar-refractivity contribution in [2.45, 2.75) is 13.0 Å². The molecule has 1 nitrogen and oxygen atoms in total. The summed E-state index contributed by atoms with van der Waals surface area (Å²) in [6.45, 7) is 1.76. The van der Waals surface area contributed by atoms with E-state index in [9.17, 15) is 0 Å². The molecule has 1 rings (SSSR count). The second kappa shape index (κ2) is 5.30. The van der Waals surface area contributed by atoms with Gasteiger partial charge in [0.05, 0.1) is 31.7 Å². The first-order valence-electron chi connectivity index (χ1n) is 4.03. The van der Waals surface area contributed by atoms with E-state index in [0.29, 0.717) is 15.6 Å². The quantitative estimate of drug-likeness (QED) is 0.434. The van der Waals surface area contributed by atoms with Crippen molar-refractivity contribution in [1.82, 2.24) is 0 Å². The standard InChI is InChI=1S/C10H7Cl4N/c1-5(15)2-3-6-7(11)4-8(12)10(14)9(6)13/h4-5H,15H2,1H3. The van der Waals surface area contributed by atoms with Crippen molar-refractivity contribution < 1.29 is 0 Å². The third-order valence-electron chi connectivity index (χ3n) is 1.54. The lowest BCUT2D eigenvalue weighted by atomic mass is 10.2. The molecule has 0 aliphatic heterocycles. The van der Waals surface area contributed by atoms with Crippen molar-refractivity contribution in [3.8, 4) is 11.8 Å². The molecule has 2 N–H and O–H groups in total. The van der Waals surface area contributed by atoms with Crippen LogP contribution in [0.25, 0.3) is 0 Å². The molecule has 0 bridgehead atoms. The highest BCUT2D eigenvalue weighted by Gasteiger charge is 2.11. The molecule has 0 aliphatic carbocycles. The summed E-state index contributed by atoms with van der Waals surface area (Å²) in [4.78, 5) is 0. The van der Waals surface area contributed by atoms with Crippen LogP contribution in [0.15, 0.2) is 6.07 Å². The van der Waals surface area contributed by atoms with Crippen LogP contribution >= 0.6 is 46.4 Å². The van der Waals surface area contributed by atoms with Crippen molar-refractivity contribution in [3.63, 3.8) is 0 Å². The van der Waals surface area contributed by atoms with Crippen LogP contribution in [-0.4, -0.2) is 6.04 Å². The van der Waals surface area contributed by atoms with Crippen molar-refractivity contribution in [3.05, 3.63) is 31.7 Å². The fourth-order valence-corrected chi connectivity index (χ4v) is 1.87. The average Bonchev–Trinajstić information content (AvgIpc) is 2.14. The predicted molar refractivity (Wildman–Crippen MR) is 67.0 cm³/mol. The van der Waals surface area contributed by atoms with E-state index < -0.39 is 0 Å². The smallest absolute Gasteiger partial charge is 0.0792 e. The number of rotatable bonds is 0. The first-order chi connectivity index (χ1) is 6.93. The number of hydrogen-bond donors (Lipinski definition) is 1. The van der Waals surface area contributed by atoms with Crippen LogP contribution in [0.2, 0.25) is 20.1 Å². The first-order valence-corrected chi connectivity index (χ1v) is 5.54. The summed E-state index contributed by atoms with van der Waals surface area (Å²) in [7, 11) is 0. The van der Waals surface area contributed by atoms with Gasteiger partial charge < -0.3 is 5.73 Å². The molecule has 0 radical (unpaired) electrons. The SMILES string of the molecule is CC(N)C#Cc1c(Cl)cc(Cl)c(Cl)c1Cl. The largest absolute Gasteiger partial charge is 0.318 e. The second-order valence-corrected chi connectivity index (χ2v) is 4.47. The van der Waals surface area contributed by atoms with E-state index in [1.807, 2.05) is 0 Å². The van der Waals surface area contributed by atoms with Gasteiger partial charge in [-0.3, -0.25) is 0 Å². The zero-order valence-corrected chi connectivity index (χ0v) is 10.8. The van der Waals surface area contributed by atoms with Crippen LogP contribution < -0.4 is 5.73 Å². The lowest BCUT2D eigenvalue weighted by Crippen LogP contribution is -2.10. The molecule has 0 fully saturated rings. The van der Waals surface area contributed by atoms with Crippen molar-refractivity contribution in [2.24, 2.45) is 5.73 Å². The summed E-state index contributed by atoms with van der Waals surface area (Å²) in [6, 6.07) is 1.24. The molecule has 0 saturated heterocycles. The van der Waals surface area contributed by atoms with Gasteiger partial charge in [0.15, 0.2) is 0 Å². The van der Waals surface area contributed by atoms with Crippen LogP contribution in [0.5, 0.6) is 0 Å². The summed E-state index contributed by atoms with van der Waals surface area (Å²) < 4.78 is 0. The minimum atomic E-state index is -0.258. The lowest BCUT2D eigenvalue weighted by Gasteiger charge is -2.04. The molecule has 0 aliphatic rings. The Labute approximate surface area is 108 Å². The molecule has 15 heavy (non-hydrogen) atoms. The van der Waals surface area contributed by atoms with Gasteiger partial charge in [0, 0.05) is 0 Å². The van der Waals surface area contributed by atoms with Gasteiger partial charge in [-0.05, 0) is 13.0 Å². The molecule has 1 aromatic carbocycles. The van der Waals surface area contributed by atoms with Crippen LogP contribution in [0.1, 0.15) is 12.5 Å². The van der Waals surface area contributed by atoms with Crippen LogP contribution in [0, 0.1) is 11.8 Å². The van der Waals surface area contributed by atoms with Crippen LogP contribution in [0.4, 0.5) is 0 Å². The molecule has 5 heteroatoms. The van der Waals surface area contributed by atoms with E-state index in [-0.39, 0.29) is 16.1 Å². The van der Waals surface area contributed by atoms with Crippen molar-refractivity contribution in [1.29, 1.82) is 0 Å². The number of benzene rings is 1. The Morgan fingerprint density at radius 1 is 1.13 bits per heavy atom. The van der Waals surface area contributed by atoms with Gasteiger partial charge in [-0.15, -0.1) is 0 Å². The minimum Gasteiger partial charge on any atom is -0.318 e. The van der Waals surface area contributed by atoms with E-state index in [2.05, 4.69) is 11.8 Å². The Morgan fingerprint density at radius 3 is 2.27 bits per heavy atom. The van der Waals surface area contributed by atoms with Gasteiger partial charge in [-0.25, -0.2) is 0 Å². The van der Waals surface area contributed by atoms with E-state index in [1.165, 1.54) is 6.07 Å². The minimum absolute atomic E-state index is 0.247. The van der Waals surface area contributed by atoms with E-state index >= 15 is 0 Å². The molecule has 0 amide bonds. The Kier molecular flexibility index (Phi) is 4.58. The molecule has 1 unspecified atom stereocenters. The Bertz CT molecular complexity index is 443. The van der Waals surface area contributed by atoms with E-state index in [4.69, 9.17) is 52.1 Å². The monoisotopic (exact) mass is 281 g/mol. The Balaban J connectivity index is 3.32. The number of hydrogen-bond acceptors (Lipinski definition) is 1. The summed E-state index contributed by atoms with van der Waals surface area (Å²) >= 11 is 23.5. The van der Waals surface area contributed by atoms with Gasteiger partial charge in [-0.1, -0.05) is 58.2 Å². The summed E-state index contributed by atoms with van der Waals surface area (Å²) in [5, 5.41) is 1.17. The maximum atomic E-state index is 5.94. The zero-order valence-electron chi connectivity index (χ0n) is 7.74. The van der Waals surface area contributed by atoms with Gasteiger partial charge in [0.25, 0.3) is 0 Å². The zero-order chi connectivity index (χ0) is 11.6. The van der Waals surface area contributed by atoms with Crippen molar-refractivity contribution >= 4 is 46.4 Å². The summed E-state index contributed by atoms with van der Waals surface area (Å²) in [5.74, 6) is 5.51. The molecule has 0 saturated carbocycles. The highest BCUT2D eigenvalue weighted by molar-refractivity contribution is 6.49. The van der Waals surface area contributed by atoms with E-state index in [0.717, 1.165) is 0 Å². The maximum Gasteiger partial charge on any atom is 0.0792 e. The van der Waals surface area contributed by atoms with Crippen molar-refractivity contribution in [2.75, 3.05) is 0 Å². The normalized spacial score (nSPS) is 11.9. The fraction of sp³-hybridized carbons (Fsp3) is 0.200. The van der Waals surface area contributed by atoms with Gasteiger partial charge >= 0.3 is 0 Å². The molecular weight excluding hydrogens is 276 g/mol. The molecule has 1 atom stereocenters. The van der Waals surface area contributed by atoms with Crippen LogP contribution in [0.3, 0.4) is 0 Å². The molecule has 1 aromatic rings. The third-order valence-corrected chi connectivity index (χ3v) is 3.10. The summed E-state index contributed by atoms with van der Waals surface area (Å²) in [5.41, 5.74) is 5.94. The van der Waals surface area contributed by atoms with Gasteiger partial charge in [0.2, 0.25) is 0 Å². The number of nitrogens with two attached hydrogens (primary N) is 1.